The van der Waals surface area contributed by atoms with Crippen LogP contribution < -0.4 is 5.32 Å². The summed E-state index contributed by atoms with van der Waals surface area (Å²) >= 11 is 0. The van der Waals surface area contributed by atoms with Gasteiger partial charge in [-0.2, -0.15) is 0 Å². The molecule has 0 spiro atoms. The molecule has 1 N–H and O–H groups in total. The van der Waals surface area contributed by atoms with Crippen LogP contribution in [0.2, 0.25) is 0 Å². The average Bonchev–Trinajstić information content (AvgIpc) is 2.31. The third kappa shape index (κ3) is 2.19. The van der Waals surface area contributed by atoms with Crippen molar-refractivity contribution in [3.05, 3.63) is 48.4 Å². The highest BCUT2D eigenvalue weighted by Gasteiger charge is 2.03. The molecule has 1 aromatic heterocycles. The number of benzene rings is 1. The zero-order chi connectivity index (χ0) is 10.5. The molecule has 0 aliphatic rings. The third-order valence-electron chi connectivity index (χ3n) is 2.22. The maximum absolute atomic E-state index is 4.30. The van der Waals surface area contributed by atoms with Gasteiger partial charge in [0.1, 0.15) is 0 Å². The van der Waals surface area contributed by atoms with Crippen molar-refractivity contribution in [3.63, 3.8) is 0 Å². The second-order valence-corrected chi connectivity index (χ2v) is 3.28. The molecule has 2 rings (SSSR count). The molecule has 0 saturated carbocycles. The molecule has 0 amide bonds. The topological polar surface area (TPSA) is 37.8 Å². The lowest BCUT2D eigenvalue weighted by Gasteiger charge is -2.07. The Bertz CT molecular complexity index is 426. The van der Waals surface area contributed by atoms with Gasteiger partial charge in [0.25, 0.3) is 0 Å². The van der Waals surface area contributed by atoms with Crippen molar-refractivity contribution in [2.24, 2.45) is 0 Å². The summed E-state index contributed by atoms with van der Waals surface area (Å²) in [4.78, 5) is 8.38. The first-order chi connectivity index (χ1) is 7.42. The number of hydrogen-bond acceptors (Lipinski definition) is 3. The minimum absolute atomic E-state index is 0.840. The molecule has 76 valence electrons. The first-order valence-electron chi connectivity index (χ1n) is 4.90. The zero-order valence-corrected chi connectivity index (χ0v) is 8.64. The van der Waals surface area contributed by atoms with E-state index in [1.165, 1.54) is 5.56 Å². The van der Waals surface area contributed by atoms with Crippen molar-refractivity contribution in [2.75, 3.05) is 7.05 Å². The Morgan fingerprint density at radius 1 is 1.20 bits per heavy atom. The molecule has 2 aromatic rings. The van der Waals surface area contributed by atoms with Crippen molar-refractivity contribution < 1.29 is 0 Å². The molecular weight excluding hydrogens is 186 g/mol. The van der Waals surface area contributed by atoms with Crippen LogP contribution in [0.1, 0.15) is 5.56 Å². The minimum atomic E-state index is 0.840. The molecule has 0 fully saturated rings. The molecular formula is C12H13N3. The van der Waals surface area contributed by atoms with Crippen LogP contribution in [-0.2, 0) is 6.54 Å². The summed E-state index contributed by atoms with van der Waals surface area (Å²) in [6.45, 7) is 0.840. The van der Waals surface area contributed by atoms with Crippen molar-refractivity contribution in [2.45, 2.75) is 6.54 Å². The van der Waals surface area contributed by atoms with Crippen molar-refractivity contribution >= 4 is 0 Å². The highest BCUT2D eigenvalue weighted by atomic mass is 14.8. The SMILES string of the molecule is CNCc1ccccc1-c1cnccn1. The van der Waals surface area contributed by atoms with Gasteiger partial charge in [-0.3, -0.25) is 9.97 Å². The number of aromatic nitrogens is 2. The number of nitrogens with one attached hydrogen (secondary N) is 1. The van der Waals surface area contributed by atoms with Gasteiger partial charge in [0.15, 0.2) is 0 Å². The maximum atomic E-state index is 4.30. The summed E-state index contributed by atoms with van der Waals surface area (Å²) in [7, 11) is 1.94. The lowest BCUT2D eigenvalue weighted by atomic mass is 10.1. The van der Waals surface area contributed by atoms with Crippen LogP contribution >= 0.6 is 0 Å². The van der Waals surface area contributed by atoms with E-state index in [1.54, 1.807) is 18.6 Å². The molecule has 0 bridgehead atoms. The molecule has 0 saturated heterocycles. The quantitative estimate of drug-likeness (QED) is 0.820. The van der Waals surface area contributed by atoms with Gasteiger partial charge < -0.3 is 5.32 Å². The fraction of sp³-hybridized carbons (Fsp3) is 0.167. The Balaban J connectivity index is 2.43. The van der Waals surface area contributed by atoms with E-state index in [2.05, 4.69) is 27.4 Å². The number of hydrogen-bond donors (Lipinski definition) is 1. The van der Waals surface area contributed by atoms with E-state index in [4.69, 9.17) is 0 Å². The Kier molecular flexibility index (Phi) is 3.05. The molecule has 1 heterocycles. The van der Waals surface area contributed by atoms with Crippen molar-refractivity contribution in [3.8, 4) is 11.3 Å². The fourth-order valence-corrected chi connectivity index (χ4v) is 1.55. The summed E-state index contributed by atoms with van der Waals surface area (Å²) in [5.74, 6) is 0. The molecule has 1 aromatic carbocycles. The Morgan fingerprint density at radius 2 is 2.07 bits per heavy atom. The first kappa shape index (κ1) is 9.80. The Hall–Kier alpha value is -1.74. The van der Waals surface area contributed by atoms with E-state index in [1.807, 2.05) is 19.2 Å². The van der Waals surface area contributed by atoms with E-state index >= 15 is 0 Å². The van der Waals surface area contributed by atoms with Crippen LogP contribution in [-0.4, -0.2) is 17.0 Å². The molecule has 0 unspecified atom stereocenters. The van der Waals surface area contributed by atoms with Gasteiger partial charge in [-0.25, -0.2) is 0 Å². The minimum Gasteiger partial charge on any atom is -0.316 e. The van der Waals surface area contributed by atoms with Crippen LogP contribution in [0.4, 0.5) is 0 Å². The van der Waals surface area contributed by atoms with Gasteiger partial charge in [-0.05, 0) is 12.6 Å². The summed E-state index contributed by atoms with van der Waals surface area (Å²) in [6, 6.07) is 8.22. The maximum Gasteiger partial charge on any atom is 0.0888 e. The van der Waals surface area contributed by atoms with E-state index in [-0.39, 0.29) is 0 Å². The van der Waals surface area contributed by atoms with Crippen LogP contribution in [0.15, 0.2) is 42.9 Å². The van der Waals surface area contributed by atoms with Gasteiger partial charge in [0.2, 0.25) is 0 Å². The molecule has 3 heteroatoms. The number of rotatable bonds is 3. The summed E-state index contributed by atoms with van der Waals surface area (Å²) in [6.07, 6.45) is 5.18. The Labute approximate surface area is 89.2 Å². The number of nitrogens with zero attached hydrogens (tertiary/aromatic N) is 2. The standard InChI is InChI=1S/C12H13N3/c1-13-8-10-4-2-3-5-11(10)12-9-14-6-7-15-12/h2-7,9,13H,8H2,1H3. The smallest absolute Gasteiger partial charge is 0.0888 e. The van der Waals surface area contributed by atoms with E-state index < -0.39 is 0 Å². The molecule has 3 nitrogen and oxygen atoms in total. The monoisotopic (exact) mass is 199 g/mol. The lowest BCUT2D eigenvalue weighted by molar-refractivity contribution is 0.819. The van der Waals surface area contributed by atoms with Crippen LogP contribution in [0.3, 0.4) is 0 Å². The van der Waals surface area contributed by atoms with Gasteiger partial charge in [0.05, 0.1) is 11.9 Å². The molecule has 0 radical (unpaired) electrons. The largest absolute Gasteiger partial charge is 0.316 e. The molecule has 15 heavy (non-hydrogen) atoms. The predicted octanol–water partition coefficient (Wildman–Crippen LogP) is 1.86. The van der Waals surface area contributed by atoms with Gasteiger partial charge in [-0.15, -0.1) is 0 Å². The molecule has 0 aliphatic carbocycles. The van der Waals surface area contributed by atoms with E-state index in [0.717, 1.165) is 17.8 Å². The predicted molar refractivity (Wildman–Crippen MR) is 60.2 cm³/mol. The van der Waals surface area contributed by atoms with Gasteiger partial charge >= 0.3 is 0 Å². The first-order valence-corrected chi connectivity index (χ1v) is 4.90. The summed E-state index contributed by atoms with van der Waals surface area (Å²) in [5, 5.41) is 3.15. The highest BCUT2D eigenvalue weighted by Crippen LogP contribution is 2.20. The lowest BCUT2D eigenvalue weighted by Crippen LogP contribution is -2.06. The summed E-state index contributed by atoms with van der Waals surface area (Å²) in [5.41, 5.74) is 3.30. The van der Waals surface area contributed by atoms with Gasteiger partial charge in [-0.1, -0.05) is 24.3 Å². The average molecular weight is 199 g/mol. The Morgan fingerprint density at radius 3 is 2.80 bits per heavy atom. The second-order valence-electron chi connectivity index (χ2n) is 3.28. The molecule has 0 aliphatic heterocycles. The third-order valence-corrected chi connectivity index (χ3v) is 2.22. The van der Waals surface area contributed by atoms with Crippen LogP contribution in [0.5, 0.6) is 0 Å². The highest BCUT2D eigenvalue weighted by molar-refractivity contribution is 5.62. The van der Waals surface area contributed by atoms with Crippen molar-refractivity contribution in [1.29, 1.82) is 0 Å². The van der Waals surface area contributed by atoms with Crippen LogP contribution in [0.25, 0.3) is 11.3 Å². The fourth-order valence-electron chi connectivity index (χ4n) is 1.55. The van der Waals surface area contributed by atoms with E-state index in [0.29, 0.717) is 0 Å². The molecule has 0 atom stereocenters. The van der Waals surface area contributed by atoms with Gasteiger partial charge in [0, 0.05) is 24.5 Å². The zero-order valence-electron chi connectivity index (χ0n) is 8.64. The van der Waals surface area contributed by atoms with E-state index in [9.17, 15) is 0 Å². The normalized spacial score (nSPS) is 10.2. The van der Waals surface area contributed by atoms with Crippen molar-refractivity contribution in [1.82, 2.24) is 15.3 Å². The van der Waals surface area contributed by atoms with Crippen LogP contribution in [0, 0.1) is 0 Å². The summed E-state index contributed by atoms with van der Waals surface area (Å²) < 4.78 is 0. The second kappa shape index (κ2) is 4.66.